The van der Waals surface area contributed by atoms with E-state index in [1.54, 1.807) is 0 Å². The lowest BCUT2D eigenvalue weighted by Crippen LogP contribution is -2.40. The summed E-state index contributed by atoms with van der Waals surface area (Å²) in [5.74, 6) is 2.46. The van der Waals surface area contributed by atoms with Gasteiger partial charge in [-0.2, -0.15) is 11.8 Å². The van der Waals surface area contributed by atoms with Crippen LogP contribution < -0.4 is 11.1 Å². The lowest BCUT2D eigenvalue weighted by Gasteiger charge is -2.23. The Bertz CT molecular complexity index is 207. The minimum Gasteiger partial charge on any atom is -0.353 e. The summed E-state index contributed by atoms with van der Waals surface area (Å²) in [4.78, 5) is 11.6. The van der Waals surface area contributed by atoms with Crippen molar-refractivity contribution in [3.05, 3.63) is 0 Å². The smallest absolute Gasteiger partial charge is 0.220 e. The van der Waals surface area contributed by atoms with Gasteiger partial charge in [0.1, 0.15) is 0 Å². The molecule has 88 valence electrons. The van der Waals surface area contributed by atoms with Gasteiger partial charge in [0, 0.05) is 23.8 Å². The second-order valence-corrected chi connectivity index (χ2v) is 6.12. The van der Waals surface area contributed by atoms with Gasteiger partial charge in [0.2, 0.25) is 5.91 Å². The second-order valence-electron chi connectivity index (χ2n) is 4.97. The molecule has 1 fully saturated rings. The van der Waals surface area contributed by atoms with Gasteiger partial charge in [0.25, 0.3) is 0 Å². The molecule has 3 N–H and O–H groups in total. The van der Waals surface area contributed by atoms with Gasteiger partial charge in [-0.3, -0.25) is 4.79 Å². The second kappa shape index (κ2) is 5.75. The fourth-order valence-corrected chi connectivity index (χ4v) is 2.66. The molecule has 1 saturated heterocycles. The predicted molar refractivity (Wildman–Crippen MR) is 66.0 cm³/mol. The molecule has 1 amide bonds. The summed E-state index contributed by atoms with van der Waals surface area (Å²) in [6, 6.07) is 0.386. The highest BCUT2D eigenvalue weighted by molar-refractivity contribution is 7.99. The third kappa shape index (κ3) is 6.05. The number of hydrogen-bond acceptors (Lipinski definition) is 3. The van der Waals surface area contributed by atoms with Crippen molar-refractivity contribution in [2.24, 2.45) is 5.73 Å². The van der Waals surface area contributed by atoms with E-state index in [0.29, 0.717) is 12.5 Å². The van der Waals surface area contributed by atoms with E-state index < -0.39 is 0 Å². The molecule has 0 aromatic heterocycles. The third-order valence-electron chi connectivity index (χ3n) is 2.52. The Morgan fingerprint density at radius 2 is 2.33 bits per heavy atom. The lowest BCUT2D eigenvalue weighted by atomic mass is 10.00. The summed E-state index contributed by atoms with van der Waals surface area (Å²) in [5.41, 5.74) is 5.60. The molecule has 15 heavy (non-hydrogen) atoms. The fraction of sp³-hybridized carbons (Fsp3) is 0.909. The van der Waals surface area contributed by atoms with Crippen LogP contribution in [0.4, 0.5) is 0 Å². The number of nitrogens with two attached hydrogens (primary N) is 1. The molecular weight excluding hydrogens is 208 g/mol. The Labute approximate surface area is 96.6 Å². The van der Waals surface area contributed by atoms with Gasteiger partial charge in [-0.15, -0.1) is 0 Å². The van der Waals surface area contributed by atoms with E-state index in [0.717, 1.165) is 18.6 Å². The summed E-state index contributed by atoms with van der Waals surface area (Å²) in [7, 11) is 0. The van der Waals surface area contributed by atoms with Crippen LogP contribution >= 0.6 is 11.8 Å². The molecule has 0 bridgehead atoms. The van der Waals surface area contributed by atoms with Gasteiger partial charge in [-0.25, -0.2) is 0 Å². The van der Waals surface area contributed by atoms with Crippen LogP contribution in [0.15, 0.2) is 0 Å². The van der Waals surface area contributed by atoms with E-state index in [2.05, 4.69) is 5.32 Å². The molecule has 0 saturated carbocycles. The zero-order valence-corrected chi connectivity index (χ0v) is 10.5. The molecule has 0 aliphatic carbocycles. The average Bonchev–Trinajstić information content (AvgIpc) is 2.15. The maximum Gasteiger partial charge on any atom is 0.220 e. The van der Waals surface area contributed by atoms with Crippen molar-refractivity contribution in [2.45, 2.75) is 51.1 Å². The number of rotatable bonds is 4. The number of thioether (sulfide) groups is 1. The monoisotopic (exact) mass is 230 g/mol. The Morgan fingerprint density at radius 3 is 2.87 bits per heavy atom. The van der Waals surface area contributed by atoms with Crippen molar-refractivity contribution in [2.75, 3.05) is 11.5 Å². The Balaban J connectivity index is 2.17. The first-order valence-corrected chi connectivity index (χ1v) is 6.79. The molecule has 1 heterocycles. The molecule has 0 aromatic rings. The minimum atomic E-state index is -0.237. The van der Waals surface area contributed by atoms with Crippen LogP contribution in [0, 0.1) is 0 Å². The molecular formula is C11H22N2OS. The first kappa shape index (κ1) is 12.8. The van der Waals surface area contributed by atoms with Gasteiger partial charge >= 0.3 is 0 Å². The highest BCUT2D eigenvalue weighted by Crippen LogP contribution is 2.17. The number of hydrogen-bond donors (Lipinski definition) is 2. The SMILES string of the molecule is CC(C)(N)CCC(=O)NC1CCCSC1. The summed E-state index contributed by atoms with van der Waals surface area (Å²) >= 11 is 1.93. The Kier molecular flexibility index (Phi) is 4.93. The van der Waals surface area contributed by atoms with Crippen LogP contribution in [0.25, 0.3) is 0 Å². The van der Waals surface area contributed by atoms with Gasteiger partial charge < -0.3 is 11.1 Å². The first-order valence-electron chi connectivity index (χ1n) is 5.63. The largest absolute Gasteiger partial charge is 0.353 e. The predicted octanol–water partition coefficient (Wildman–Crippen LogP) is 1.52. The maximum absolute atomic E-state index is 11.6. The van der Waals surface area contributed by atoms with Gasteiger partial charge in [0.15, 0.2) is 0 Å². The van der Waals surface area contributed by atoms with Gasteiger partial charge in [0.05, 0.1) is 0 Å². The normalized spacial score (nSPS) is 22.5. The van der Waals surface area contributed by atoms with Crippen molar-refractivity contribution in [1.82, 2.24) is 5.32 Å². The summed E-state index contributed by atoms with van der Waals surface area (Å²) < 4.78 is 0. The summed E-state index contributed by atoms with van der Waals surface area (Å²) in [5, 5.41) is 3.08. The molecule has 1 aliphatic heterocycles. The molecule has 0 spiro atoms. The number of amides is 1. The third-order valence-corrected chi connectivity index (χ3v) is 3.74. The first-order chi connectivity index (χ1) is 6.97. The molecule has 1 rings (SSSR count). The van der Waals surface area contributed by atoms with Crippen LogP contribution in [0.1, 0.15) is 39.5 Å². The van der Waals surface area contributed by atoms with Crippen molar-refractivity contribution >= 4 is 17.7 Å². The van der Waals surface area contributed by atoms with Crippen LogP contribution in [0.3, 0.4) is 0 Å². The van der Waals surface area contributed by atoms with Crippen LogP contribution in [-0.4, -0.2) is 29.0 Å². The quantitative estimate of drug-likeness (QED) is 0.770. The standard InChI is InChI=1S/C11H22N2OS/c1-11(2,12)6-5-10(14)13-9-4-3-7-15-8-9/h9H,3-8,12H2,1-2H3,(H,13,14). The maximum atomic E-state index is 11.6. The van der Waals surface area contributed by atoms with Crippen molar-refractivity contribution < 1.29 is 4.79 Å². The van der Waals surface area contributed by atoms with Crippen molar-refractivity contribution in [3.8, 4) is 0 Å². The fourth-order valence-electron chi connectivity index (χ4n) is 1.59. The molecule has 3 nitrogen and oxygen atoms in total. The van der Waals surface area contributed by atoms with Crippen LogP contribution in [0.5, 0.6) is 0 Å². The van der Waals surface area contributed by atoms with E-state index >= 15 is 0 Å². The zero-order chi connectivity index (χ0) is 11.3. The lowest BCUT2D eigenvalue weighted by molar-refractivity contribution is -0.122. The van der Waals surface area contributed by atoms with E-state index in [1.165, 1.54) is 12.2 Å². The molecule has 1 atom stereocenters. The summed E-state index contributed by atoms with van der Waals surface area (Å²) in [6.07, 6.45) is 3.64. The van der Waals surface area contributed by atoms with Gasteiger partial charge in [-0.1, -0.05) is 0 Å². The van der Waals surface area contributed by atoms with Crippen LogP contribution in [0.2, 0.25) is 0 Å². The van der Waals surface area contributed by atoms with E-state index in [-0.39, 0.29) is 11.4 Å². The molecule has 1 unspecified atom stereocenters. The van der Waals surface area contributed by atoms with Crippen molar-refractivity contribution in [1.29, 1.82) is 0 Å². The molecule has 0 aromatic carbocycles. The molecule has 0 radical (unpaired) electrons. The number of carbonyl (C=O) groups is 1. The van der Waals surface area contributed by atoms with Gasteiger partial charge in [-0.05, 0) is 38.9 Å². The summed E-state index contributed by atoms with van der Waals surface area (Å²) in [6.45, 7) is 3.91. The van der Waals surface area contributed by atoms with Crippen molar-refractivity contribution in [3.63, 3.8) is 0 Å². The minimum absolute atomic E-state index is 0.154. The Morgan fingerprint density at radius 1 is 1.60 bits per heavy atom. The molecule has 1 aliphatic rings. The van der Waals surface area contributed by atoms with E-state index in [1.807, 2.05) is 25.6 Å². The topological polar surface area (TPSA) is 55.1 Å². The molecule has 4 heteroatoms. The highest BCUT2D eigenvalue weighted by atomic mass is 32.2. The number of nitrogens with one attached hydrogen (secondary N) is 1. The van der Waals surface area contributed by atoms with E-state index in [4.69, 9.17) is 5.73 Å². The van der Waals surface area contributed by atoms with Crippen LogP contribution in [-0.2, 0) is 4.79 Å². The Hall–Kier alpha value is -0.220. The van der Waals surface area contributed by atoms with E-state index in [9.17, 15) is 4.79 Å². The number of carbonyl (C=O) groups excluding carboxylic acids is 1. The zero-order valence-electron chi connectivity index (χ0n) is 9.71. The average molecular weight is 230 g/mol. The highest BCUT2D eigenvalue weighted by Gasteiger charge is 2.18.